The van der Waals surface area contributed by atoms with Gasteiger partial charge in [0.25, 0.3) is 0 Å². The van der Waals surface area contributed by atoms with Crippen molar-refractivity contribution in [2.75, 3.05) is 13.1 Å². The molecule has 0 spiro atoms. The SMILES string of the molecule is Fc1ccc2nc([S-])c([S-])nc2c1.[NH-]CCN.[Zn]. The third-order valence-electron chi connectivity index (χ3n) is 1.71. The van der Waals surface area contributed by atoms with Crippen molar-refractivity contribution in [1.29, 1.82) is 0 Å². The molecule has 0 saturated carbocycles. The normalized spacial score (nSPS) is 9.28. The molecule has 0 bridgehead atoms. The van der Waals surface area contributed by atoms with Crippen LogP contribution in [0.15, 0.2) is 28.3 Å². The molecule has 0 aliphatic rings. The molecule has 4 nitrogen and oxygen atoms in total. The molecule has 0 aliphatic carbocycles. The van der Waals surface area contributed by atoms with Crippen LogP contribution in [0.1, 0.15) is 0 Å². The predicted octanol–water partition coefficient (Wildman–Crippen LogP) is 1.58. The average Bonchev–Trinajstić information content (AvgIpc) is 2.31. The summed E-state index contributed by atoms with van der Waals surface area (Å²) < 4.78 is 12.7. The molecule has 94 valence electrons. The molecule has 2 rings (SSSR count). The van der Waals surface area contributed by atoms with Gasteiger partial charge < -0.3 is 36.7 Å². The van der Waals surface area contributed by atoms with E-state index in [1.54, 1.807) is 0 Å². The quantitative estimate of drug-likeness (QED) is 0.633. The van der Waals surface area contributed by atoms with Gasteiger partial charge in [0.05, 0.1) is 11.0 Å². The summed E-state index contributed by atoms with van der Waals surface area (Å²) in [6.45, 7) is 0.833. The van der Waals surface area contributed by atoms with Crippen LogP contribution in [0.25, 0.3) is 16.8 Å². The van der Waals surface area contributed by atoms with Crippen molar-refractivity contribution in [1.82, 2.24) is 9.97 Å². The van der Waals surface area contributed by atoms with Crippen molar-refractivity contribution in [2.24, 2.45) is 5.73 Å². The summed E-state index contributed by atoms with van der Waals surface area (Å²) in [4.78, 5) is 7.94. The van der Waals surface area contributed by atoms with Crippen LogP contribution in [0.3, 0.4) is 0 Å². The Bertz CT molecular complexity index is 510. The number of nitrogens with two attached hydrogens (primary N) is 1. The van der Waals surface area contributed by atoms with E-state index in [4.69, 9.17) is 36.7 Å². The Morgan fingerprint density at radius 3 is 2.17 bits per heavy atom. The Morgan fingerprint density at radius 2 is 1.67 bits per heavy atom. The van der Waals surface area contributed by atoms with Crippen molar-refractivity contribution >= 4 is 36.3 Å². The summed E-state index contributed by atoms with van der Waals surface area (Å²) in [6.07, 6.45) is 0. The van der Waals surface area contributed by atoms with E-state index >= 15 is 0 Å². The van der Waals surface area contributed by atoms with E-state index in [1.165, 1.54) is 18.2 Å². The standard InChI is InChI=1S/C8H5FN2S2.C2H7N2.Zn/c9-4-1-2-5-6(3-4)11-8(13)7(12)10-5;3-1-2-4;/h1-3H,(H,10,12)(H,11,13);3H,1-2,4H2;/q;-1;/p-2. The first kappa shape index (κ1) is 17.5. The van der Waals surface area contributed by atoms with E-state index in [2.05, 4.69) is 9.97 Å². The Labute approximate surface area is 128 Å². The van der Waals surface area contributed by atoms with E-state index < -0.39 is 0 Å². The van der Waals surface area contributed by atoms with Crippen molar-refractivity contribution < 1.29 is 23.9 Å². The van der Waals surface area contributed by atoms with Crippen LogP contribution in [0, 0.1) is 5.82 Å². The fraction of sp³-hybridized carbons (Fsp3) is 0.200. The molecule has 18 heavy (non-hydrogen) atoms. The van der Waals surface area contributed by atoms with E-state index in [-0.39, 0.29) is 35.3 Å². The molecule has 1 aromatic carbocycles. The monoisotopic (exact) mass is 333 g/mol. The van der Waals surface area contributed by atoms with Gasteiger partial charge in [0.15, 0.2) is 0 Å². The summed E-state index contributed by atoms with van der Waals surface area (Å²) in [7, 11) is 0. The number of hydrogen-bond acceptors (Lipinski definition) is 5. The van der Waals surface area contributed by atoms with Crippen molar-refractivity contribution in [3.63, 3.8) is 0 Å². The molecule has 0 aliphatic heterocycles. The molecular weight excluding hydrogens is 325 g/mol. The summed E-state index contributed by atoms with van der Waals surface area (Å²) in [6, 6.07) is 4.13. The number of fused-ring (bicyclic) bond motifs is 1. The van der Waals surface area contributed by atoms with E-state index in [1.807, 2.05) is 0 Å². The van der Waals surface area contributed by atoms with Gasteiger partial charge in [-0.2, -0.15) is 0 Å². The number of halogens is 1. The Hall–Kier alpha value is -0.527. The molecule has 8 heteroatoms. The molecular formula is C10H10FN4S2Zn-3. The number of benzene rings is 1. The fourth-order valence-electron chi connectivity index (χ4n) is 0.995. The van der Waals surface area contributed by atoms with Gasteiger partial charge in [-0.3, -0.25) is 9.97 Å². The summed E-state index contributed by atoms with van der Waals surface area (Å²) in [5, 5.41) is 0.530. The second-order valence-corrected chi connectivity index (χ2v) is 3.78. The van der Waals surface area contributed by atoms with Crippen LogP contribution in [-0.2, 0) is 44.7 Å². The Balaban J connectivity index is 0.000000512. The molecule has 0 saturated heterocycles. The van der Waals surface area contributed by atoms with Crippen LogP contribution in [0.4, 0.5) is 4.39 Å². The zero-order valence-electron chi connectivity index (χ0n) is 9.52. The third kappa shape index (κ3) is 5.00. The van der Waals surface area contributed by atoms with Crippen LogP contribution in [-0.4, -0.2) is 23.1 Å². The second kappa shape index (κ2) is 8.55. The predicted molar refractivity (Wildman–Crippen MR) is 69.0 cm³/mol. The van der Waals surface area contributed by atoms with Gasteiger partial charge in [-0.1, -0.05) is 10.1 Å². The number of aromatic nitrogens is 2. The van der Waals surface area contributed by atoms with Crippen molar-refractivity contribution in [2.45, 2.75) is 10.1 Å². The minimum atomic E-state index is -0.353. The maximum absolute atomic E-state index is 12.7. The zero-order chi connectivity index (χ0) is 12.8. The summed E-state index contributed by atoms with van der Waals surface area (Å²) >= 11 is 9.67. The van der Waals surface area contributed by atoms with Gasteiger partial charge in [-0.15, -0.1) is 6.54 Å². The number of hydrogen-bond donors (Lipinski definition) is 1. The second-order valence-electron chi connectivity index (χ2n) is 3.01. The molecule has 2 aromatic rings. The summed E-state index contributed by atoms with van der Waals surface area (Å²) in [5.74, 6) is -0.353. The first-order valence-electron chi connectivity index (χ1n) is 4.74. The largest absolute Gasteiger partial charge is 0.760 e. The molecule has 0 unspecified atom stereocenters. The molecule has 1 aromatic heterocycles. The Morgan fingerprint density at radius 1 is 1.17 bits per heavy atom. The van der Waals surface area contributed by atoms with E-state index in [0.717, 1.165) is 0 Å². The molecule has 0 atom stereocenters. The number of rotatable bonds is 1. The zero-order valence-corrected chi connectivity index (χ0v) is 14.1. The number of nitrogens with zero attached hydrogens (tertiary/aromatic N) is 2. The van der Waals surface area contributed by atoms with Crippen LogP contribution >= 0.6 is 0 Å². The Kier molecular flexibility index (Phi) is 8.30. The van der Waals surface area contributed by atoms with E-state index in [0.29, 0.717) is 24.1 Å². The first-order valence-corrected chi connectivity index (χ1v) is 5.56. The van der Waals surface area contributed by atoms with Crippen LogP contribution < -0.4 is 5.73 Å². The van der Waals surface area contributed by atoms with Crippen LogP contribution in [0.5, 0.6) is 0 Å². The minimum Gasteiger partial charge on any atom is -0.760 e. The smallest absolute Gasteiger partial charge is 0.125 e. The third-order valence-corrected chi connectivity index (χ3v) is 2.41. The molecule has 3 N–H and O–H groups in total. The van der Waals surface area contributed by atoms with Gasteiger partial charge in [-0.05, 0) is 18.7 Å². The van der Waals surface area contributed by atoms with Crippen molar-refractivity contribution in [3.05, 3.63) is 29.7 Å². The van der Waals surface area contributed by atoms with E-state index in [9.17, 15) is 4.39 Å². The maximum atomic E-state index is 12.7. The minimum absolute atomic E-state index is 0. The number of nitrogens with one attached hydrogen (secondary N) is 1. The molecule has 0 amide bonds. The fourth-order valence-corrected chi connectivity index (χ4v) is 1.28. The van der Waals surface area contributed by atoms with Crippen LogP contribution in [0.2, 0.25) is 0 Å². The molecule has 0 fully saturated rings. The van der Waals surface area contributed by atoms with Gasteiger partial charge >= 0.3 is 0 Å². The first-order chi connectivity index (χ1) is 8.08. The van der Waals surface area contributed by atoms with Gasteiger partial charge in [0, 0.05) is 25.5 Å². The van der Waals surface area contributed by atoms with Gasteiger partial charge in [0.2, 0.25) is 0 Å². The average molecular weight is 335 g/mol. The van der Waals surface area contributed by atoms with Gasteiger partial charge in [0.1, 0.15) is 5.82 Å². The van der Waals surface area contributed by atoms with Gasteiger partial charge in [-0.25, -0.2) is 4.39 Å². The van der Waals surface area contributed by atoms with Crippen molar-refractivity contribution in [3.8, 4) is 0 Å². The molecule has 0 radical (unpaired) electrons. The maximum Gasteiger partial charge on any atom is 0.125 e. The summed E-state index contributed by atoms with van der Waals surface area (Å²) in [5.41, 5.74) is 12.2. The topological polar surface area (TPSA) is 75.6 Å². The molecule has 1 heterocycles.